The van der Waals surface area contributed by atoms with Gasteiger partial charge in [-0.05, 0) is 37.3 Å². The normalized spacial score (nSPS) is 11.7. The number of hydrogen-bond acceptors (Lipinski definition) is 5. The number of thioether (sulfide) groups is 1. The number of para-hydroxylation sites is 1. The van der Waals surface area contributed by atoms with Gasteiger partial charge in [0.1, 0.15) is 5.75 Å². The molecule has 0 spiro atoms. The summed E-state index contributed by atoms with van der Waals surface area (Å²) in [5.74, 6) is 1.00. The number of anilines is 1. The van der Waals surface area contributed by atoms with Crippen LogP contribution in [0.15, 0.2) is 60.3 Å². The van der Waals surface area contributed by atoms with Crippen molar-refractivity contribution in [3.63, 3.8) is 0 Å². The molecule has 162 valence electrons. The number of benzene rings is 2. The van der Waals surface area contributed by atoms with E-state index in [4.69, 9.17) is 39.5 Å². The van der Waals surface area contributed by atoms with Gasteiger partial charge in [-0.15, -0.1) is 16.8 Å². The standard InChI is InChI=1S/C21H19Cl3N4O2S/c1-3-10-28-20(13(2)30-18-9-8-14(22)11-16(18)24)26-27-21(28)31-12-19(29)25-17-7-5-4-6-15(17)23/h3-9,11,13H,1,10,12H2,2H3,(H,25,29). The zero-order valence-electron chi connectivity index (χ0n) is 16.5. The van der Waals surface area contributed by atoms with Crippen molar-refractivity contribution >= 4 is 58.2 Å². The van der Waals surface area contributed by atoms with Crippen molar-refractivity contribution < 1.29 is 9.53 Å². The van der Waals surface area contributed by atoms with E-state index >= 15 is 0 Å². The van der Waals surface area contributed by atoms with Crippen LogP contribution < -0.4 is 10.1 Å². The number of rotatable bonds is 9. The lowest BCUT2D eigenvalue weighted by molar-refractivity contribution is -0.113. The topological polar surface area (TPSA) is 69.0 Å². The van der Waals surface area contributed by atoms with Gasteiger partial charge in [0, 0.05) is 11.6 Å². The molecule has 1 atom stereocenters. The fourth-order valence-corrected chi connectivity index (χ4v) is 4.09. The summed E-state index contributed by atoms with van der Waals surface area (Å²) in [7, 11) is 0. The third-order valence-electron chi connectivity index (χ3n) is 4.10. The van der Waals surface area contributed by atoms with Crippen LogP contribution in [0.5, 0.6) is 5.75 Å². The summed E-state index contributed by atoms with van der Waals surface area (Å²) in [6.07, 6.45) is 1.28. The lowest BCUT2D eigenvalue weighted by Crippen LogP contribution is -2.15. The Labute approximate surface area is 199 Å². The molecular weight excluding hydrogens is 479 g/mol. The molecule has 3 aromatic rings. The van der Waals surface area contributed by atoms with Gasteiger partial charge >= 0.3 is 0 Å². The van der Waals surface area contributed by atoms with Crippen LogP contribution in [0.2, 0.25) is 15.1 Å². The number of allylic oxidation sites excluding steroid dienone is 1. The number of nitrogens with zero attached hydrogens (tertiary/aromatic N) is 3. The molecule has 0 radical (unpaired) electrons. The molecule has 6 nitrogen and oxygen atoms in total. The number of nitrogens with one attached hydrogen (secondary N) is 1. The number of aromatic nitrogens is 3. The molecule has 1 amide bonds. The smallest absolute Gasteiger partial charge is 0.234 e. The molecule has 0 saturated carbocycles. The molecule has 31 heavy (non-hydrogen) atoms. The zero-order valence-corrected chi connectivity index (χ0v) is 19.6. The van der Waals surface area contributed by atoms with E-state index in [-0.39, 0.29) is 11.7 Å². The molecule has 1 aromatic heterocycles. The summed E-state index contributed by atoms with van der Waals surface area (Å²) < 4.78 is 7.80. The van der Waals surface area contributed by atoms with Gasteiger partial charge < -0.3 is 10.1 Å². The van der Waals surface area contributed by atoms with Crippen LogP contribution in [0.4, 0.5) is 5.69 Å². The third-order valence-corrected chi connectivity index (χ3v) is 5.93. The molecule has 0 bridgehead atoms. The first-order chi connectivity index (χ1) is 14.9. The van der Waals surface area contributed by atoms with Gasteiger partial charge in [-0.25, -0.2) is 0 Å². The van der Waals surface area contributed by atoms with Crippen molar-refractivity contribution in [1.82, 2.24) is 14.8 Å². The minimum Gasteiger partial charge on any atom is -0.481 e. The predicted molar refractivity (Wildman–Crippen MR) is 127 cm³/mol. The number of ether oxygens (including phenoxy) is 1. The second-order valence-corrected chi connectivity index (χ2v) is 8.58. The highest BCUT2D eigenvalue weighted by Gasteiger charge is 2.20. The number of carbonyl (C=O) groups is 1. The molecule has 0 fully saturated rings. The van der Waals surface area contributed by atoms with Crippen LogP contribution in [0, 0.1) is 0 Å². The summed E-state index contributed by atoms with van der Waals surface area (Å²) in [4.78, 5) is 12.3. The number of hydrogen-bond donors (Lipinski definition) is 1. The average Bonchev–Trinajstić information content (AvgIpc) is 3.13. The molecular formula is C21H19Cl3N4O2S. The lowest BCUT2D eigenvalue weighted by atomic mass is 10.3. The zero-order chi connectivity index (χ0) is 22.4. The van der Waals surface area contributed by atoms with Crippen LogP contribution in [-0.4, -0.2) is 26.4 Å². The Balaban J connectivity index is 1.70. The maximum absolute atomic E-state index is 12.3. The van der Waals surface area contributed by atoms with Gasteiger partial charge in [0.05, 0.1) is 21.5 Å². The Morgan fingerprint density at radius 2 is 2.00 bits per heavy atom. The van der Waals surface area contributed by atoms with Crippen molar-refractivity contribution in [2.75, 3.05) is 11.1 Å². The first-order valence-corrected chi connectivity index (χ1v) is 11.3. The molecule has 3 rings (SSSR count). The second-order valence-electron chi connectivity index (χ2n) is 6.39. The van der Waals surface area contributed by atoms with Crippen LogP contribution in [-0.2, 0) is 11.3 Å². The average molecular weight is 498 g/mol. The van der Waals surface area contributed by atoms with Gasteiger partial charge in [-0.1, -0.05) is 64.8 Å². The summed E-state index contributed by atoms with van der Waals surface area (Å²) in [6.45, 7) is 6.09. The van der Waals surface area contributed by atoms with Crippen molar-refractivity contribution in [3.8, 4) is 5.75 Å². The van der Waals surface area contributed by atoms with Crippen molar-refractivity contribution in [2.45, 2.75) is 24.7 Å². The van der Waals surface area contributed by atoms with Crippen molar-refractivity contribution in [1.29, 1.82) is 0 Å². The molecule has 1 unspecified atom stereocenters. The van der Waals surface area contributed by atoms with E-state index in [0.29, 0.717) is 44.0 Å². The predicted octanol–water partition coefficient (Wildman–Crippen LogP) is 6.30. The summed E-state index contributed by atoms with van der Waals surface area (Å²) in [5, 5.41) is 13.2. The van der Waals surface area contributed by atoms with Crippen LogP contribution in [0.1, 0.15) is 18.9 Å². The van der Waals surface area contributed by atoms with E-state index < -0.39 is 6.10 Å². The summed E-state index contributed by atoms with van der Waals surface area (Å²) >= 11 is 19.5. The first-order valence-electron chi connectivity index (χ1n) is 9.22. The van der Waals surface area contributed by atoms with Crippen LogP contribution in [0.3, 0.4) is 0 Å². The molecule has 0 aliphatic rings. The Kier molecular flexibility index (Phi) is 8.26. The highest BCUT2D eigenvalue weighted by Crippen LogP contribution is 2.32. The number of halogens is 3. The van der Waals surface area contributed by atoms with Crippen LogP contribution >= 0.6 is 46.6 Å². The quantitative estimate of drug-likeness (QED) is 0.278. The summed E-state index contributed by atoms with van der Waals surface area (Å²) in [5.41, 5.74) is 0.560. The Morgan fingerprint density at radius 1 is 1.23 bits per heavy atom. The van der Waals surface area contributed by atoms with Gasteiger partial charge in [0.15, 0.2) is 17.1 Å². The Hall–Kier alpha value is -2.19. The molecule has 2 aromatic carbocycles. The summed E-state index contributed by atoms with van der Waals surface area (Å²) in [6, 6.07) is 12.1. The molecule has 0 saturated heterocycles. The number of carbonyl (C=O) groups excluding carboxylic acids is 1. The number of amides is 1. The van der Waals surface area contributed by atoms with E-state index in [1.54, 1.807) is 48.5 Å². The minimum absolute atomic E-state index is 0.138. The van der Waals surface area contributed by atoms with E-state index in [1.807, 2.05) is 11.5 Å². The first kappa shape index (κ1) is 23.5. The Bertz CT molecular complexity index is 1090. The highest BCUT2D eigenvalue weighted by molar-refractivity contribution is 7.99. The van der Waals surface area contributed by atoms with Gasteiger partial charge in [0.2, 0.25) is 5.91 Å². The maximum atomic E-state index is 12.3. The van der Waals surface area contributed by atoms with Gasteiger partial charge in [0.25, 0.3) is 0 Å². The third kappa shape index (κ3) is 6.17. The molecule has 1 heterocycles. The van der Waals surface area contributed by atoms with E-state index in [2.05, 4.69) is 22.1 Å². The molecule has 0 aliphatic carbocycles. The monoisotopic (exact) mass is 496 g/mol. The minimum atomic E-state index is -0.447. The molecule has 10 heteroatoms. The molecule has 0 aliphatic heterocycles. The fourth-order valence-electron chi connectivity index (χ4n) is 2.70. The maximum Gasteiger partial charge on any atom is 0.234 e. The fraction of sp³-hybridized carbons (Fsp3) is 0.190. The highest BCUT2D eigenvalue weighted by atomic mass is 35.5. The van der Waals surface area contributed by atoms with E-state index in [0.717, 1.165) is 0 Å². The second kappa shape index (κ2) is 10.9. The lowest BCUT2D eigenvalue weighted by Gasteiger charge is -2.16. The van der Waals surface area contributed by atoms with E-state index in [1.165, 1.54) is 11.8 Å². The van der Waals surface area contributed by atoms with E-state index in [9.17, 15) is 4.79 Å². The Morgan fingerprint density at radius 3 is 2.71 bits per heavy atom. The van der Waals surface area contributed by atoms with Crippen molar-refractivity contribution in [2.24, 2.45) is 0 Å². The van der Waals surface area contributed by atoms with Crippen molar-refractivity contribution in [3.05, 3.63) is 76.0 Å². The van der Waals surface area contributed by atoms with Gasteiger partial charge in [-0.2, -0.15) is 0 Å². The molecule has 1 N–H and O–H groups in total. The van der Waals surface area contributed by atoms with Gasteiger partial charge in [-0.3, -0.25) is 9.36 Å². The van der Waals surface area contributed by atoms with Crippen LogP contribution in [0.25, 0.3) is 0 Å². The largest absolute Gasteiger partial charge is 0.481 e. The SMILES string of the molecule is C=CCn1c(SCC(=O)Nc2ccccc2Cl)nnc1C(C)Oc1ccc(Cl)cc1Cl.